The molecule has 142 valence electrons. The molecule has 3 rings (SSSR count). The summed E-state index contributed by atoms with van der Waals surface area (Å²) in [6.45, 7) is 10.7. The van der Waals surface area contributed by atoms with Crippen molar-refractivity contribution in [3.05, 3.63) is 52.9 Å². The van der Waals surface area contributed by atoms with Crippen LogP contribution in [0.1, 0.15) is 51.6 Å². The normalized spacial score (nSPS) is 19.1. The maximum absolute atomic E-state index is 10.7. The van der Waals surface area contributed by atoms with Crippen LogP contribution in [0.25, 0.3) is 17.1 Å². The summed E-state index contributed by atoms with van der Waals surface area (Å²) in [5.41, 5.74) is 5.62. The van der Waals surface area contributed by atoms with Crippen LogP contribution in [0.2, 0.25) is 0 Å². The first-order chi connectivity index (χ1) is 12.6. The molecule has 0 unspecified atom stereocenters. The van der Waals surface area contributed by atoms with Gasteiger partial charge in [-0.15, -0.1) is 0 Å². The van der Waals surface area contributed by atoms with Gasteiger partial charge in [0, 0.05) is 28.4 Å². The molecule has 1 aliphatic heterocycles. The second-order valence-corrected chi connectivity index (χ2v) is 9.48. The highest BCUT2D eigenvalue weighted by Crippen LogP contribution is 2.40. The van der Waals surface area contributed by atoms with Crippen LogP contribution in [0.4, 0.5) is 0 Å². The molecule has 1 aliphatic rings. The Labute approximate surface area is 164 Å². The van der Waals surface area contributed by atoms with Crippen molar-refractivity contribution in [1.29, 1.82) is 0 Å². The average Bonchev–Trinajstić information content (AvgIpc) is 2.65. The molecule has 1 aromatic carbocycles. The number of carboxylic acids is 1. The summed E-state index contributed by atoms with van der Waals surface area (Å²) in [5.74, 6) is 1.13. The third-order valence-electron chi connectivity index (χ3n) is 4.79. The van der Waals surface area contributed by atoms with Crippen molar-refractivity contribution >= 4 is 34.8 Å². The van der Waals surface area contributed by atoms with Crippen LogP contribution in [-0.4, -0.2) is 32.5 Å². The number of hydrogen-bond donors (Lipinski definition) is 1. The Morgan fingerprint density at radius 2 is 1.67 bits per heavy atom. The molecular formula is C22H26N2O2S. The number of thioether (sulfide) groups is 1. The second kappa shape index (κ2) is 7.12. The van der Waals surface area contributed by atoms with Crippen LogP contribution in [0.3, 0.4) is 0 Å². The maximum Gasteiger partial charge on any atom is 0.328 e. The zero-order chi connectivity index (χ0) is 19.8. The number of benzene rings is 1. The van der Waals surface area contributed by atoms with E-state index < -0.39 is 5.97 Å². The van der Waals surface area contributed by atoms with E-state index in [2.05, 4.69) is 27.7 Å². The fourth-order valence-corrected chi connectivity index (χ4v) is 4.68. The topological polar surface area (TPSA) is 63.1 Å². The molecule has 27 heavy (non-hydrogen) atoms. The fourth-order valence-electron chi connectivity index (χ4n) is 3.29. The Bertz CT molecular complexity index is 958. The molecule has 0 saturated heterocycles. The summed E-state index contributed by atoms with van der Waals surface area (Å²) in [7, 11) is 0. The van der Waals surface area contributed by atoms with Gasteiger partial charge in [-0.1, -0.05) is 45.9 Å². The van der Waals surface area contributed by atoms with E-state index in [0.717, 1.165) is 39.5 Å². The first-order valence-electron chi connectivity index (χ1n) is 9.08. The van der Waals surface area contributed by atoms with Crippen LogP contribution in [0.5, 0.6) is 0 Å². The molecule has 2 heterocycles. The monoisotopic (exact) mass is 382 g/mol. The minimum atomic E-state index is -0.938. The van der Waals surface area contributed by atoms with Crippen molar-refractivity contribution in [2.45, 2.75) is 45.4 Å². The molecular weight excluding hydrogens is 356 g/mol. The predicted molar refractivity (Wildman–Crippen MR) is 113 cm³/mol. The van der Waals surface area contributed by atoms with Crippen molar-refractivity contribution in [3.8, 4) is 0 Å². The van der Waals surface area contributed by atoms with Crippen LogP contribution in [0, 0.1) is 0 Å². The summed E-state index contributed by atoms with van der Waals surface area (Å²) in [6.07, 6.45) is 4.90. The second-order valence-electron chi connectivity index (χ2n) is 8.49. The number of aromatic nitrogens is 2. The summed E-state index contributed by atoms with van der Waals surface area (Å²) in [6, 6.07) is 6.02. The number of hydrogen-bond acceptors (Lipinski definition) is 4. The maximum atomic E-state index is 10.7. The van der Waals surface area contributed by atoms with E-state index in [9.17, 15) is 4.79 Å². The predicted octanol–water partition coefficient (Wildman–Crippen LogP) is 4.98. The van der Waals surface area contributed by atoms with E-state index in [4.69, 9.17) is 15.1 Å². The van der Waals surface area contributed by atoms with E-state index in [-0.39, 0.29) is 10.8 Å². The number of fused-ring (bicyclic) bond motifs is 2. The van der Waals surface area contributed by atoms with E-state index >= 15 is 0 Å². The highest BCUT2D eigenvalue weighted by Gasteiger charge is 2.37. The van der Waals surface area contributed by atoms with Gasteiger partial charge in [0.25, 0.3) is 0 Å². The Hall–Kier alpha value is -2.14. The molecule has 5 heteroatoms. The van der Waals surface area contributed by atoms with Gasteiger partial charge in [-0.05, 0) is 30.2 Å². The molecule has 4 nitrogen and oxygen atoms in total. The van der Waals surface area contributed by atoms with E-state index in [1.54, 1.807) is 13.0 Å². The Balaban J connectivity index is 2.08. The largest absolute Gasteiger partial charge is 0.478 e. The van der Waals surface area contributed by atoms with Crippen molar-refractivity contribution in [3.63, 3.8) is 0 Å². The zero-order valence-electron chi connectivity index (χ0n) is 16.5. The van der Waals surface area contributed by atoms with Gasteiger partial charge in [-0.25, -0.2) is 14.8 Å². The Kier molecular flexibility index (Phi) is 5.17. The molecule has 0 fully saturated rings. The van der Waals surface area contributed by atoms with Crippen LogP contribution in [-0.2, 0) is 15.6 Å². The highest BCUT2D eigenvalue weighted by atomic mass is 32.2. The Morgan fingerprint density at radius 3 is 2.26 bits per heavy atom. The standard InChI is InChI=1S/C22H26N2O2S/c1-14(10-18(25)26)6-7-15-8-9-16-17(11-15)24-20-19(23-16)21(2,3)12-27-13-22(20,4)5/h6-11H,12-13H2,1-5H3,(H,25,26). The van der Waals surface area contributed by atoms with Gasteiger partial charge in [-0.3, -0.25) is 0 Å². The summed E-state index contributed by atoms with van der Waals surface area (Å²) < 4.78 is 0. The van der Waals surface area contributed by atoms with Gasteiger partial charge in [0.1, 0.15) is 0 Å². The molecule has 0 radical (unpaired) electrons. The van der Waals surface area contributed by atoms with Crippen molar-refractivity contribution < 1.29 is 9.90 Å². The summed E-state index contributed by atoms with van der Waals surface area (Å²) in [5, 5.41) is 8.82. The van der Waals surface area contributed by atoms with Gasteiger partial charge < -0.3 is 5.11 Å². The number of allylic oxidation sites excluding steroid dienone is 2. The molecule has 1 aromatic heterocycles. The average molecular weight is 383 g/mol. The number of nitrogens with zero attached hydrogens (tertiary/aromatic N) is 2. The van der Waals surface area contributed by atoms with Gasteiger partial charge in [-0.2, -0.15) is 11.8 Å². The third-order valence-corrected chi connectivity index (χ3v) is 6.64. The van der Waals surface area contributed by atoms with Crippen LogP contribution < -0.4 is 0 Å². The lowest BCUT2D eigenvalue weighted by molar-refractivity contribution is -0.131. The quantitative estimate of drug-likeness (QED) is 0.599. The first-order valence-corrected chi connectivity index (χ1v) is 10.2. The van der Waals surface area contributed by atoms with Crippen molar-refractivity contribution in [2.75, 3.05) is 11.5 Å². The smallest absolute Gasteiger partial charge is 0.328 e. The van der Waals surface area contributed by atoms with Crippen LogP contribution >= 0.6 is 11.8 Å². The molecule has 0 aliphatic carbocycles. The van der Waals surface area contributed by atoms with Gasteiger partial charge in [0.15, 0.2) is 0 Å². The van der Waals surface area contributed by atoms with Gasteiger partial charge in [0.05, 0.1) is 22.4 Å². The SMILES string of the molecule is CC(C=Cc1ccc2nc3c(nc2c1)C(C)(C)CSCC3(C)C)=CC(=O)O. The number of carbonyl (C=O) groups is 1. The minimum absolute atomic E-state index is 0.00767. The van der Waals surface area contributed by atoms with Crippen LogP contribution in [0.15, 0.2) is 35.9 Å². The molecule has 0 bridgehead atoms. The number of rotatable bonds is 3. The summed E-state index contributed by atoms with van der Waals surface area (Å²) >= 11 is 1.97. The van der Waals surface area contributed by atoms with E-state index in [1.165, 1.54) is 6.08 Å². The molecule has 0 spiro atoms. The lowest BCUT2D eigenvalue weighted by Crippen LogP contribution is -2.28. The van der Waals surface area contributed by atoms with Crippen molar-refractivity contribution in [1.82, 2.24) is 9.97 Å². The highest BCUT2D eigenvalue weighted by molar-refractivity contribution is 7.99. The molecule has 0 saturated carbocycles. The third kappa shape index (κ3) is 4.24. The van der Waals surface area contributed by atoms with Gasteiger partial charge >= 0.3 is 5.97 Å². The molecule has 0 atom stereocenters. The Morgan fingerprint density at radius 1 is 1.07 bits per heavy atom. The van der Waals surface area contributed by atoms with E-state index in [0.29, 0.717) is 5.57 Å². The molecule has 2 aromatic rings. The fraction of sp³-hybridized carbons (Fsp3) is 0.409. The van der Waals surface area contributed by atoms with E-state index in [1.807, 2.05) is 36.0 Å². The lowest BCUT2D eigenvalue weighted by atomic mass is 9.81. The number of carboxylic acid groups (broad SMARTS) is 1. The van der Waals surface area contributed by atoms with Crippen molar-refractivity contribution in [2.24, 2.45) is 0 Å². The summed E-state index contributed by atoms with van der Waals surface area (Å²) in [4.78, 5) is 20.8. The lowest BCUT2D eigenvalue weighted by Gasteiger charge is -2.27. The molecule has 0 amide bonds. The minimum Gasteiger partial charge on any atom is -0.478 e. The zero-order valence-corrected chi connectivity index (χ0v) is 17.4. The molecule has 1 N–H and O–H groups in total. The van der Waals surface area contributed by atoms with Gasteiger partial charge in [0.2, 0.25) is 0 Å². The first kappa shape index (κ1) is 19.6. The number of aliphatic carboxylic acids is 1.